The lowest BCUT2D eigenvalue weighted by atomic mass is 10.1. The summed E-state index contributed by atoms with van der Waals surface area (Å²) in [6.45, 7) is 8.02. The molecule has 0 saturated heterocycles. The summed E-state index contributed by atoms with van der Waals surface area (Å²) in [5, 5.41) is 2.91. The van der Waals surface area contributed by atoms with Crippen molar-refractivity contribution >= 4 is 23.6 Å². The van der Waals surface area contributed by atoms with Gasteiger partial charge >= 0.3 is 0 Å². The fraction of sp³-hybridized carbons (Fsp3) is 0.417. The van der Waals surface area contributed by atoms with E-state index in [1.807, 2.05) is 44.2 Å². The molecule has 0 spiro atoms. The van der Waals surface area contributed by atoms with Gasteiger partial charge in [-0.05, 0) is 51.0 Å². The fourth-order valence-corrected chi connectivity index (χ4v) is 3.95. The summed E-state index contributed by atoms with van der Waals surface area (Å²) in [6, 6.07) is 15.3. The average molecular weight is 429 g/mol. The third-order valence-electron chi connectivity index (χ3n) is 4.66. The number of nitrogens with zero attached hydrogens (tertiary/aromatic N) is 1. The molecule has 0 aliphatic carbocycles. The third-order valence-corrected chi connectivity index (χ3v) is 5.65. The minimum atomic E-state index is -0.564. The Morgan fingerprint density at radius 1 is 1.07 bits per heavy atom. The highest BCUT2D eigenvalue weighted by Gasteiger charge is 2.26. The van der Waals surface area contributed by atoms with Crippen LogP contribution in [0.2, 0.25) is 0 Å². The summed E-state index contributed by atoms with van der Waals surface area (Å²) >= 11 is 1.57. The number of benzene rings is 2. The molecule has 6 heteroatoms. The van der Waals surface area contributed by atoms with Crippen LogP contribution in [-0.2, 0) is 21.9 Å². The molecule has 0 bridgehead atoms. The number of amides is 2. The fourth-order valence-electron chi connectivity index (χ4n) is 3.10. The first-order valence-corrected chi connectivity index (χ1v) is 11.3. The summed E-state index contributed by atoms with van der Waals surface area (Å²) in [5.74, 6) is 1.60. The topological polar surface area (TPSA) is 58.6 Å². The molecule has 0 aromatic heterocycles. The van der Waals surface area contributed by atoms with E-state index in [0.717, 1.165) is 17.1 Å². The molecule has 0 heterocycles. The molecule has 2 aromatic rings. The zero-order chi connectivity index (χ0) is 22.1. The maximum Gasteiger partial charge on any atom is 0.242 e. The number of ether oxygens (including phenoxy) is 1. The van der Waals surface area contributed by atoms with Gasteiger partial charge in [-0.1, -0.05) is 42.0 Å². The Kier molecular flexibility index (Phi) is 9.24. The Labute approximate surface area is 184 Å². The van der Waals surface area contributed by atoms with Gasteiger partial charge in [-0.2, -0.15) is 0 Å². The second-order valence-corrected chi connectivity index (χ2v) is 8.68. The lowest BCUT2D eigenvalue weighted by Gasteiger charge is -2.29. The monoisotopic (exact) mass is 428 g/mol. The van der Waals surface area contributed by atoms with Gasteiger partial charge in [-0.25, -0.2) is 0 Å². The van der Waals surface area contributed by atoms with Crippen LogP contribution in [0.1, 0.15) is 37.5 Å². The first-order chi connectivity index (χ1) is 14.3. The number of hydrogen-bond donors (Lipinski definition) is 1. The van der Waals surface area contributed by atoms with Crippen molar-refractivity contribution in [3.8, 4) is 5.75 Å². The van der Waals surface area contributed by atoms with E-state index < -0.39 is 6.04 Å². The second kappa shape index (κ2) is 11.6. The molecule has 5 nitrogen and oxygen atoms in total. The SMILES string of the molecule is COc1cccc(CN(C(=O)CSCc2cccc(C)c2)[C@@H](C)C(=O)NC(C)C)c1. The van der Waals surface area contributed by atoms with Crippen LogP contribution in [-0.4, -0.2) is 41.7 Å². The van der Waals surface area contributed by atoms with Crippen molar-refractivity contribution < 1.29 is 14.3 Å². The number of carbonyl (C=O) groups is 2. The number of rotatable bonds is 10. The Bertz CT molecular complexity index is 854. The van der Waals surface area contributed by atoms with E-state index in [1.54, 1.807) is 30.7 Å². The number of methoxy groups -OCH3 is 1. The molecule has 1 N–H and O–H groups in total. The van der Waals surface area contributed by atoms with E-state index in [-0.39, 0.29) is 17.9 Å². The summed E-state index contributed by atoms with van der Waals surface area (Å²) < 4.78 is 5.29. The molecule has 2 aromatic carbocycles. The van der Waals surface area contributed by atoms with E-state index in [0.29, 0.717) is 12.3 Å². The van der Waals surface area contributed by atoms with E-state index in [4.69, 9.17) is 4.74 Å². The Balaban J connectivity index is 2.10. The maximum atomic E-state index is 13.1. The van der Waals surface area contributed by atoms with Gasteiger partial charge in [0.15, 0.2) is 0 Å². The molecule has 0 aliphatic rings. The van der Waals surface area contributed by atoms with Gasteiger partial charge in [-0.3, -0.25) is 9.59 Å². The molecular weight excluding hydrogens is 396 g/mol. The number of carbonyl (C=O) groups excluding carboxylic acids is 2. The van der Waals surface area contributed by atoms with Crippen molar-refractivity contribution in [3.05, 3.63) is 65.2 Å². The van der Waals surface area contributed by atoms with Gasteiger partial charge in [-0.15, -0.1) is 11.8 Å². The van der Waals surface area contributed by atoms with Gasteiger partial charge in [0.05, 0.1) is 12.9 Å². The third kappa shape index (κ3) is 7.41. The first kappa shape index (κ1) is 23.8. The standard InChI is InChI=1S/C24H32N2O3S/c1-17(2)25-24(28)19(4)26(14-20-9-7-11-22(13-20)29-5)23(27)16-30-15-21-10-6-8-18(3)12-21/h6-13,17,19H,14-16H2,1-5H3,(H,25,28)/t19-/m0/s1. The highest BCUT2D eigenvalue weighted by molar-refractivity contribution is 7.99. The molecule has 162 valence electrons. The highest BCUT2D eigenvalue weighted by atomic mass is 32.2. The largest absolute Gasteiger partial charge is 0.497 e. The van der Waals surface area contributed by atoms with Crippen LogP contribution in [0.3, 0.4) is 0 Å². The van der Waals surface area contributed by atoms with Crippen molar-refractivity contribution in [2.24, 2.45) is 0 Å². The van der Waals surface area contributed by atoms with E-state index in [1.165, 1.54) is 11.1 Å². The molecule has 2 amide bonds. The van der Waals surface area contributed by atoms with Gasteiger partial charge in [0.2, 0.25) is 11.8 Å². The van der Waals surface area contributed by atoms with Gasteiger partial charge in [0.25, 0.3) is 0 Å². The van der Waals surface area contributed by atoms with Crippen LogP contribution in [0, 0.1) is 6.92 Å². The number of hydrogen-bond acceptors (Lipinski definition) is 4. The van der Waals surface area contributed by atoms with Crippen LogP contribution in [0.4, 0.5) is 0 Å². The van der Waals surface area contributed by atoms with Crippen molar-refractivity contribution in [1.82, 2.24) is 10.2 Å². The van der Waals surface area contributed by atoms with E-state index >= 15 is 0 Å². The molecule has 0 aliphatic heterocycles. The van der Waals surface area contributed by atoms with Gasteiger partial charge < -0.3 is 15.0 Å². The lowest BCUT2D eigenvalue weighted by molar-refractivity contribution is -0.138. The minimum absolute atomic E-state index is 0.0180. The Morgan fingerprint density at radius 3 is 2.43 bits per heavy atom. The summed E-state index contributed by atoms with van der Waals surface area (Å²) in [5.41, 5.74) is 3.33. The number of aryl methyl sites for hydroxylation is 1. The molecule has 1 atom stereocenters. The van der Waals surface area contributed by atoms with Gasteiger partial charge in [0, 0.05) is 18.3 Å². The van der Waals surface area contributed by atoms with Crippen LogP contribution in [0.25, 0.3) is 0 Å². The van der Waals surface area contributed by atoms with Crippen molar-refractivity contribution in [1.29, 1.82) is 0 Å². The summed E-state index contributed by atoms with van der Waals surface area (Å²) in [7, 11) is 1.61. The molecule has 0 radical (unpaired) electrons. The summed E-state index contributed by atoms with van der Waals surface area (Å²) in [6.07, 6.45) is 0. The van der Waals surface area contributed by atoms with Crippen LogP contribution >= 0.6 is 11.8 Å². The zero-order valence-electron chi connectivity index (χ0n) is 18.5. The van der Waals surface area contributed by atoms with Crippen LogP contribution < -0.4 is 10.1 Å². The minimum Gasteiger partial charge on any atom is -0.497 e. The van der Waals surface area contributed by atoms with E-state index in [2.05, 4.69) is 30.4 Å². The Hall–Kier alpha value is -2.47. The van der Waals surface area contributed by atoms with Gasteiger partial charge in [0.1, 0.15) is 11.8 Å². The van der Waals surface area contributed by atoms with Crippen molar-refractivity contribution in [2.45, 2.75) is 52.1 Å². The molecule has 0 fully saturated rings. The predicted octanol–water partition coefficient (Wildman–Crippen LogP) is 4.18. The highest BCUT2D eigenvalue weighted by Crippen LogP contribution is 2.19. The van der Waals surface area contributed by atoms with Crippen LogP contribution in [0.15, 0.2) is 48.5 Å². The molecule has 0 saturated carbocycles. The lowest BCUT2D eigenvalue weighted by Crippen LogP contribution is -2.49. The molecule has 0 unspecified atom stereocenters. The molecule has 2 rings (SSSR count). The average Bonchev–Trinajstić information content (AvgIpc) is 2.71. The van der Waals surface area contributed by atoms with E-state index in [9.17, 15) is 9.59 Å². The molecule has 30 heavy (non-hydrogen) atoms. The zero-order valence-corrected chi connectivity index (χ0v) is 19.3. The van der Waals surface area contributed by atoms with Crippen molar-refractivity contribution in [2.75, 3.05) is 12.9 Å². The maximum absolute atomic E-state index is 13.1. The van der Waals surface area contributed by atoms with Crippen LogP contribution in [0.5, 0.6) is 5.75 Å². The smallest absolute Gasteiger partial charge is 0.242 e. The number of nitrogens with one attached hydrogen (secondary N) is 1. The van der Waals surface area contributed by atoms with Crippen molar-refractivity contribution in [3.63, 3.8) is 0 Å². The number of thioether (sulfide) groups is 1. The quantitative estimate of drug-likeness (QED) is 0.617. The normalized spacial score (nSPS) is 11.8. The first-order valence-electron chi connectivity index (χ1n) is 10.2. The Morgan fingerprint density at radius 2 is 1.77 bits per heavy atom. The predicted molar refractivity (Wildman–Crippen MR) is 124 cm³/mol. The summed E-state index contributed by atoms with van der Waals surface area (Å²) in [4.78, 5) is 27.3. The molecular formula is C24H32N2O3S. The second-order valence-electron chi connectivity index (χ2n) is 7.69.